The van der Waals surface area contributed by atoms with Crippen molar-refractivity contribution in [1.82, 2.24) is 4.98 Å². The lowest BCUT2D eigenvalue weighted by Gasteiger charge is -1.98. The van der Waals surface area contributed by atoms with Gasteiger partial charge in [0.2, 0.25) is 0 Å². The van der Waals surface area contributed by atoms with Gasteiger partial charge in [0.1, 0.15) is 11.0 Å². The average molecular weight is 169 g/mol. The van der Waals surface area contributed by atoms with E-state index in [-0.39, 0.29) is 5.15 Å². The number of pyridine rings is 1. The lowest BCUT2D eigenvalue weighted by molar-refractivity contribution is 1.22. The molecular weight excluding hydrogens is 164 g/mol. The standard InChI is InChI=1S/C6H5ClN4/c7-5-1-4(3-8)2-6(10-5)11-9/h1-2H,9H2,(H,10,11). The maximum absolute atomic E-state index is 8.48. The predicted octanol–water partition coefficient (Wildman–Crippen LogP) is 0.892. The number of anilines is 1. The second-order valence-electron chi connectivity index (χ2n) is 1.82. The number of nitrogens with one attached hydrogen (secondary N) is 1. The van der Waals surface area contributed by atoms with Crippen LogP contribution in [0.1, 0.15) is 5.56 Å². The van der Waals surface area contributed by atoms with Crippen molar-refractivity contribution >= 4 is 17.4 Å². The minimum atomic E-state index is 0.247. The molecule has 1 heterocycles. The molecule has 56 valence electrons. The summed E-state index contributed by atoms with van der Waals surface area (Å²) >= 11 is 5.55. The number of halogens is 1. The average Bonchev–Trinajstić information content (AvgIpc) is 2.03. The summed E-state index contributed by atoms with van der Waals surface area (Å²) in [7, 11) is 0. The predicted molar refractivity (Wildman–Crippen MR) is 41.8 cm³/mol. The smallest absolute Gasteiger partial charge is 0.143 e. The van der Waals surface area contributed by atoms with Crippen LogP contribution in [0.15, 0.2) is 12.1 Å². The topological polar surface area (TPSA) is 74.7 Å². The van der Waals surface area contributed by atoms with E-state index in [1.807, 2.05) is 6.07 Å². The number of nitriles is 1. The molecule has 5 heteroatoms. The Bertz CT molecular complexity index is 304. The van der Waals surface area contributed by atoms with E-state index < -0.39 is 0 Å². The molecule has 0 aliphatic heterocycles. The van der Waals surface area contributed by atoms with Crippen molar-refractivity contribution in [3.8, 4) is 6.07 Å². The van der Waals surface area contributed by atoms with Crippen LogP contribution in [0.25, 0.3) is 0 Å². The monoisotopic (exact) mass is 168 g/mol. The molecule has 4 nitrogen and oxygen atoms in total. The van der Waals surface area contributed by atoms with Crippen molar-refractivity contribution in [2.45, 2.75) is 0 Å². The van der Waals surface area contributed by atoms with Crippen molar-refractivity contribution in [3.63, 3.8) is 0 Å². The van der Waals surface area contributed by atoms with Gasteiger partial charge in [0.15, 0.2) is 0 Å². The number of aromatic nitrogens is 1. The molecule has 0 fully saturated rings. The van der Waals surface area contributed by atoms with Crippen molar-refractivity contribution in [1.29, 1.82) is 5.26 Å². The summed E-state index contributed by atoms with van der Waals surface area (Å²) in [6, 6.07) is 4.89. The Morgan fingerprint density at radius 1 is 1.64 bits per heavy atom. The second kappa shape index (κ2) is 3.19. The van der Waals surface area contributed by atoms with Gasteiger partial charge in [-0.25, -0.2) is 10.8 Å². The van der Waals surface area contributed by atoms with Gasteiger partial charge in [0.25, 0.3) is 0 Å². The Kier molecular flexibility index (Phi) is 2.26. The number of nitrogen functional groups attached to an aromatic ring is 1. The molecule has 0 atom stereocenters. The molecule has 0 saturated heterocycles. The summed E-state index contributed by atoms with van der Waals surface area (Å²) in [5.41, 5.74) is 2.72. The number of hydrogen-bond acceptors (Lipinski definition) is 4. The van der Waals surface area contributed by atoms with Gasteiger partial charge in [-0.2, -0.15) is 5.26 Å². The van der Waals surface area contributed by atoms with E-state index in [1.54, 1.807) is 0 Å². The van der Waals surface area contributed by atoms with Gasteiger partial charge in [-0.15, -0.1) is 0 Å². The maximum atomic E-state index is 8.48. The number of hydrazine groups is 1. The first kappa shape index (κ1) is 7.79. The zero-order valence-corrected chi connectivity index (χ0v) is 6.26. The number of nitrogens with two attached hydrogens (primary N) is 1. The summed E-state index contributed by atoms with van der Waals surface area (Å²) < 4.78 is 0. The minimum Gasteiger partial charge on any atom is -0.308 e. The summed E-state index contributed by atoms with van der Waals surface area (Å²) in [6.45, 7) is 0. The highest BCUT2D eigenvalue weighted by atomic mass is 35.5. The van der Waals surface area contributed by atoms with Gasteiger partial charge in [-0.05, 0) is 12.1 Å². The van der Waals surface area contributed by atoms with E-state index in [4.69, 9.17) is 22.7 Å². The molecule has 0 amide bonds. The van der Waals surface area contributed by atoms with Crippen LogP contribution < -0.4 is 11.3 Å². The lowest BCUT2D eigenvalue weighted by atomic mass is 10.3. The highest BCUT2D eigenvalue weighted by molar-refractivity contribution is 6.29. The summed E-state index contributed by atoms with van der Waals surface area (Å²) in [5, 5.41) is 8.72. The van der Waals surface area contributed by atoms with Gasteiger partial charge in [0, 0.05) is 0 Å². The Morgan fingerprint density at radius 2 is 2.36 bits per heavy atom. The van der Waals surface area contributed by atoms with Gasteiger partial charge < -0.3 is 5.43 Å². The molecule has 1 rings (SSSR count). The third-order valence-corrected chi connectivity index (χ3v) is 1.26. The molecule has 1 aromatic rings. The van der Waals surface area contributed by atoms with E-state index >= 15 is 0 Å². The highest BCUT2D eigenvalue weighted by Crippen LogP contribution is 2.12. The van der Waals surface area contributed by atoms with Gasteiger partial charge in [-0.1, -0.05) is 11.6 Å². The quantitative estimate of drug-likeness (QED) is 0.371. The molecule has 0 unspecified atom stereocenters. The van der Waals surface area contributed by atoms with Gasteiger partial charge >= 0.3 is 0 Å². The fourth-order valence-corrected chi connectivity index (χ4v) is 0.844. The Balaban J connectivity index is 3.15. The SMILES string of the molecule is N#Cc1cc(Cl)nc(NN)c1. The first-order chi connectivity index (χ1) is 5.26. The third kappa shape index (κ3) is 1.80. The molecule has 0 saturated carbocycles. The van der Waals surface area contributed by atoms with Crippen LogP contribution in [0, 0.1) is 11.3 Å². The molecular formula is C6H5ClN4. The Labute approximate surface area is 68.6 Å². The molecule has 1 aromatic heterocycles. The highest BCUT2D eigenvalue weighted by Gasteiger charge is 1.97. The van der Waals surface area contributed by atoms with E-state index in [9.17, 15) is 0 Å². The van der Waals surface area contributed by atoms with E-state index in [0.717, 1.165) is 0 Å². The van der Waals surface area contributed by atoms with E-state index in [2.05, 4.69) is 10.4 Å². The lowest BCUT2D eigenvalue weighted by Crippen LogP contribution is -2.08. The zero-order valence-electron chi connectivity index (χ0n) is 5.50. The molecule has 0 radical (unpaired) electrons. The Morgan fingerprint density at radius 3 is 2.91 bits per heavy atom. The summed E-state index contributed by atoms with van der Waals surface area (Å²) in [6.07, 6.45) is 0. The normalized spacial score (nSPS) is 8.82. The fraction of sp³-hybridized carbons (Fsp3) is 0. The van der Waals surface area contributed by atoms with Crippen molar-refractivity contribution in [2.75, 3.05) is 5.43 Å². The van der Waals surface area contributed by atoms with Crippen LogP contribution in [-0.2, 0) is 0 Å². The molecule has 0 bridgehead atoms. The second-order valence-corrected chi connectivity index (χ2v) is 2.21. The van der Waals surface area contributed by atoms with Crippen LogP contribution in [0.4, 0.5) is 5.82 Å². The van der Waals surface area contributed by atoms with E-state index in [0.29, 0.717) is 11.4 Å². The van der Waals surface area contributed by atoms with Crippen LogP contribution >= 0.6 is 11.6 Å². The van der Waals surface area contributed by atoms with Crippen LogP contribution in [0.3, 0.4) is 0 Å². The number of rotatable bonds is 1. The maximum Gasteiger partial charge on any atom is 0.143 e. The van der Waals surface area contributed by atoms with Crippen molar-refractivity contribution < 1.29 is 0 Å². The first-order valence-corrected chi connectivity index (χ1v) is 3.18. The van der Waals surface area contributed by atoms with Crippen LogP contribution in [-0.4, -0.2) is 4.98 Å². The molecule has 0 aliphatic rings. The summed E-state index contributed by atoms with van der Waals surface area (Å²) in [4.78, 5) is 3.78. The molecule has 0 aliphatic carbocycles. The summed E-state index contributed by atoms with van der Waals surface area (Å²) in [5.74, 6) is 5.45. The van der Waals surface area contributed by atoms with Gasteiger partial charge in [-0.3, -0.25) is 0 Å². The molecule has 0 spiro atoms. The fourth-order valence-electron chi connectivity index (χ4n) is 0.635. The van der Waals surface area contributed by atoms with Crippen LogP contribution in [0.5, 0.6) is 0 Å². The first-order valence-electron chi connectivity index (χ1n) is 2.80. The minimum absolute atomic E-state index is 0.247. The number of hydrogen-bond donors (Lipinski definition) is 2. The number of nitrogens with zero attached hydrogens (tertiary/aromatic N) is 2. The molecule has 3 N–H and O–H groups in total. The zero-order chi connectivity index (χ0) is 8.27. The van der Waals surface area contributed by atoms with E-state index in [1.165, 1.54) is 12.1 Å². The van der Waals surface area contributed by atoms with Crippen LogP contribution in [0.2, 0.25) is 5.15 Å². The van der Waals surface area contributed by atoms with Crippen molar-refractivity contribution in [2.24, 2.45) is 5.84 Å². The largest absolute Gasteiger partial charge is 0.308 e. The Hall–Kier alpha value is -1.31. The van der Waals surface area contributed by atoms with Crippen molar-refractivity contribution in [3.05, 3.63) is 22.8 Å². The van der Waals surface area contributed by atoms with Gasteiger partial charge in [0.05, 0.1) is 11.6 Å². The molecule has 0 aromatic carbocycles. The third-order valence-electron chi connectivity index (χ3n) is 1.07. The molecule has 11 heavy (non-hydrogen) atoms.